The molecular weight excluding hydrogens is 345 g/mol. The molecule has 0 aliphatic carbocycles. The van der Waals surface area contributed by atoms with Crippen LogP contribution in [0.3, 0.4) is 0 Å². The van der Waals surface area contributed by atoms with E-state index >= 15 is 0 Å². The summed E-state index contributed by atoms with van der Waals surface area (Å²) in [5.74, 6) is -0.387. The number of aromatic nitrogens is 2. The van der Waals surface area contributed by atoms with E-state index in [1.165, 1.54) is 24.3 Å². The van der Waals surface area contributed by atoms with Crippen LogP contribution >= 0.6 is 23.2 Å². The lowest BCUT2D eigenvalue weighted by Gasteiger charge is -2.11. The Bertz CT molecular complexity index is 769. The second-order valence-corrected chi connectivity index (χ2v) is 5.20. The van der Waals surface area contributed by atoms with Crippen LogP contribution in [0.2, 0.25) is 10.0 Å². The normalized spacial score (nSPS) is 10.4. The first kappa shape index (κ1) is 17.1. The molecule has 0 aliphatic rings. The molecule has 0 saturated heterocycles. The molecule has 2 aromatic rings. The minimum Gasteiger partial charge on any atom is -0.465 e. The molecule has 0 aliphatic heterocycles. The van der Waals surface area contributed by atoms with Crippen LogP contribution in [0.15, 0.2) is 29.1 Å². The number of nitrogens with zero attached hydrogens (tertiary/aromatic N) is 2. The summed E-state index contributed by atoms with van der Waals surface area (Å²) in [6.07, 6.45) is 0. The van der Waals surface area contributed by atoms with Crippen molar-refractivity contribution in [2.45, 2.75) is 13.5 Å². The molecule has 0 spiro atoms. The third-order valence-corrected chi connectivity index (χ3v) is 3.22. The predicted molar refractivity (Wildman–Crippen MR) is 86.1 cm³/mol. The number of anilines is 1. The van der Waals surface area contributed by atoms with Crippen molar-refractivity contribution in [2.24, 2.45) is 0 Å². The van der Waals surface area contributed by atoms with Crippen LogP contribution in [-0.2, 0) is 16.1 Å². The SMILES string of the molecule is CCOC(=O)Cn1nc(Oc2c(Cl)cc(N)cc2Cl)ccc1=O. The molecule has 2 rings (SSSR count). The van der Waals surface area contributed by atoms with E-state index in [1.54, 1.807) is 6.92 Å². The zero-order chi connectivity index (χ0) is 17.0. The molecule has 0 radical (unpaired) electrons. The predicted octanol–water partition coefficient (Wildman–Crippen LogP) is 2.49. The van der Waals surface area contributed by atoms with E-state index in [1.807, 2.05) is 0 Å². The Morgan fingerprint density at radius 3 is 2.57 bits per heavy atom. The monoisotopic (exact) mass is 357 g/mol. The van der Waals surface area contributed by atoms with Gasteiger partial charge in [0.1, 0.15) is 6.54 Å². The second kappa shape index (κ2) is 7.34. The van der Waals surface area contributed by atoms with Crippen molar-refractivity contribution in [1.29, 1.82) is 0 Å². The maximum atomic E-state index is 11.7. The van der Waals surface area contributed by atoms with E-state index in [4.69, 9.17) is 38.4 Å². The molecule has 0 unspecified atom stereocenters. The maximum absolute atomic E-state index is 11.7. The first-order valence-electron chi connectivity index (χ1n) is 6.57. The smallest absolute Gasteiger partial charge is 0.327 e. The number of ether oxygens (including phenoxy) is 2. The molecule has 9 heteroatoms. The highest BCUT2D eigenvalue weighted by molar-refractivity contribution is 6.37. The van der Waals surface area contributed by atoms with Crippen molar-refractivity contribution in [3.05, 3.63) is 44.7 Å². The highest BCUT2D eigenvalue weighted by Gasteiger charge is 2.13. The minimum atomic E-state index is -0.581. The summed E-state index contributed by atoms with van der Waals surface area (Å²) >= 11 is 12.0. The Morgan fingerprint density at radius 1 is 1.30 bits per heavy atom. The summed E-state index contributed by atoms with van der Waals surface area (Å²) in [7, 11) is 0. The van der Waals surface area contributed by atoms with Gasteiger partial charge in [0.15, 0.2) is 5.75 Å². The molecule has 2 N–H and O–H groups in total. The lowest BCUT2D eigenvalue weighted by molar-refractivity contribution is -0.144. The van der Waals surface area contributed by atoms with Crippen molar-refractivity contribution in [3.63, 3.8) is 0 Å². The number of esters is 1. The summed E-state index contributed by atoms with van der Waals surface area (Å²) in [6.45, 7) is 1.55. The largest absolute Gasteiger partial charge is 0.465 e. The van der Waals surface area contributed by atoms with Crippen LogP contribution in [0.5, 0.6) is 11.6 Å². The third-order valence-electron chi connectivity index (χ3n) is 2.65. The quantitative estimate of drug-likeness (QED) is 0.652. The summed E-state index contributed by atoms with van der Waals surface area (Å²) < 4.78 is 11.2. The number of benzene rings is 1. The van der Waals surface area contributed by atoms with Gasteiger partial charge in [0.25, 0.3) is 5.56 Å². The molecule has 1 heterocycles. The van der Waals surface area contributed by atoms with Crippen LogP contribution in [0, 0.1) is 0 Å². The van der Waals surface area contributed by atoms with Crippen molar-refractivity contribution < 1.29 is 14.3 Å². The average Bonchev–Trinajstić information content (AvgIpc) is 2.46. The number of hydrogen-bond acceptors (Lipinski definition) is 6. The zero-order valence-electron chi connectivity index (χ0n) is 12.1. The van der Waals surface area contributed by atoms with Crippen molar-refractivity contribution in [1.82, 2.24) is 9.78 Å². The molecular formula is C14H13Cl2N3O4. The Balaban J connectivity index is 2.28. The van der Waals surface area contributed by atoms with Gasteiger partial charge in [-0.3, -0.25) is 9.59 Å². The summed E-state index contributed by atoms with van der Waals surface area (Å²) in [6, 6.07) is 5.49. The fraction of sp³-hybridized carbons (Fsp3) is 0.214. The number of carbonyl (C=O) groups is 1. The van der Waals surface area contributed by atoms with Crippen LogP contribution in [0.1, 0.15) is 6.92 Å². The lowest BCUT2D eigenvalue weighted by atomic mass is 10.3. The summed E-state index contributed by atoms with van der Waals surface area (Å²) in [5.41, 5.74) is 5.52. The van der Waals surface area contributed by atoms with E-state index in [2.05, 4.69) is 5.10 Å². The van der Waals surface area contributed by atoms with Crippen LogP contribution in [-0.4, -0.2) is 22.4 Å². The summed E-state index contributed by atoms with van der Waals surface area (Å²) in [4.78, 5) is 23.2. The Morgan fingerprint density at radius 2 is 1.96 bits per heavy atom. The first-order valence-corrected chi connectivity index (χ1v) is 7.32. The fourth-order valence-electron chi connectivity index (χ4n) is 1.71. The number of carbonyl (C=O) groups excluding carboxylic acids is 1. The van der Waals surface area contributed by atoms with Gasteiger partial charge in [-0.1, -0.05) is 23.2 Å². The minimum absolute atomic E-state index is 0.0440. The highest BCUT2D eigenvalue weighted by Crippen LogP contribution is 2.37. The molecule has 7 nitrogen and oxygen atoms in total. The number of halogens is 2. The van der Waals surface area contributed by atoms with E-state index in [0.717, 1.165) is 4.68 Å². The Kier molecular flexibility index (Phi) is 5.46. The Labute approximate surface area is 141 Å². The van der Waals surface area contributed by atoms with Crippen molar-refractivity contribution in [3.8, 4) is 11.6 Å². The molecule has 122 valence electrons. The molecule has 0 bridgehead atoms. The molecule has 0 amide bonds. The molecule has 1 aromatic heterocycles. The van der Waals surface area contributed by atoms with Crippen molar-refractivity contribution >= 4 is 34.9 Å². The third kappa shape index (κ3) is 4.37. The number of hydrogen-bond donors (Lipinski definition) is 1. The van der Waals surface area contributed by atoms with Gasteiger partial charge in [-0.25, -0.2) is 4.68 Å². The van der Waals surface area contributed by atoms with E-state index < -0.39 is 11.5 Å². The van der Waals surface area contributed by atoms with Crippen molar-refractivity contribution in [2.75, 3.05) is 12.3 Å². The molecule has 1 aromatic carbocycles. The average molecular weight is 358 g/mol. The van der Waals surface area contributed by atoms with E-state index in [0.29, 0.717) is 5.69 Å². The maximum Gasteiger partial charge on any atom is 0.327 e. The molecule has 0 saturated carbocycles. The van der Waals surface area contributed by atoms with E-state index in [9.17, 15) is 9.59 Å². The Hall–Kier alpha value is -2.25. The lowest BCUT2D eigenvalue weighted by Crippen LogP contribution is -2.27. The number of nitrogens with two attached hydrogens (primary N) is 1. The van der Waals surface area contributed by atoms with Gasteiger partial charge in [0.05, 0.1) is 16.7 Å². The van der Waals surface area contributed by atoms with Gasteiger partial charge in [-0.05, 0) is 19.1 Å². The van der Waals surface area contributed by atoms with Gasteiger partial charge >= 0.3 is 5.97 Å². The standard InChI is InChI=1S/C14H13Cl2N3O4/c1-2-22-13(21)7-19-12(20)4-3-11(18-19)23-14-9(15)5-8(17)6-10(14)16/h3-6H,2,7,17H2,1H3. The highest BCUT2D eigenvalue weighted by atomic mass is 35.5. The van der Waals surface area contributed by atoms with Gasteiger partial charge in [-0.2, -0.15) is 0 Å². The molecule has 0 atom stereocenters. The van der Waals surface area contributed by atoms with Crippen LogP contribution in [0.25, 0.3) is 0 Å². The van der Waals surface area contributed by atoms with E-state index in [-0.39, 0.29) is 34.8 Å². The zero-order valence-corrected chi connectivity index (χ0v) is 13.6. The number of rotatable bonds is 5. The second-order valence-electron chi connectivity index (χ2n) is 4.39. The molecule has 23 heavy (non-hydrogen) atoms. The fourth-order valence-corrected chi connectivity index (χ4v) is 2.29. The van der Waals surface area contributed by atoms with Gasteiger partial charge in [0.2, 0.25) is 5.88 Å². The van der Waals surface area contributed by atoms with Crippen LogP contribution < -0.4 is 16.0 Å². The first-order chi connectivity index (χ1) is 10.9. The van der Waals surface area contributed by atoms with Crippen LogP contribution in [0.4, 0.5) is 5.69 Å². The van der Waals surface area contributed by atoms with Gasteiger partial charge in [0, 0.05) is 17.8 Å². The molecule has 0 fully saturated rings. The number of nitrogen functional groups attached to an aromatic ring is 1. The van der Waals surface area contributed by atoms with Gasteiger partial charge in [-0.15, -0.1) is 5.10 Å². The summed E-state index contributed by atoms with van der Waals surface area (Å²) in [5, 5.41) is 4.32. The van der Waals surface area contributed by atoms with Gasteiger partial charge < -0.3 is 15.2 Å². The topological polar surface area (TPSA) is 96.4 Å².